The second-order valence-electron chi connectivity index (χ2n) is 7.35. The number of ether oxygens (including phenoxy) is 3. The van der Waals surface area contributed by atoms with Gasteiger partial charge in [0.05, 0.1) is 29.7 Å². The van der Waals surface area contributed by atoms with Crippen LogP contribution >= 0.6 is 0 Å². The number of furan rings is 1. The molecule has 0 spiro atoms. The van der Waals surface area contributed by atoms with Crippen molar-refractivity contribution in [2.24, 2.45) is 0 Å². The van der Waals surface area contributed by atoms with E-state index < -0.39 is 23.3 Å². The smallest absolute Gasteiger partial charge is 0.336 e. The summed E-state index contributed by atoms with van der Waals surface area (Å²) >= 11 is 0. The average molecular weight is 416 g/mol. The predicted molar refractivity (Wildman–Crippen MR) is 110 cm³/mol. The first-order valence-corrected chi connectivity index (χ1v) is 9.37. The van der Waals surface area contributed by atoms with Crippen LogP contribution in [0.5, 0.6) is 11.5 Å². The standard InChI is InChI=1S/C22H24O8/c1-6-12(2)21(24)29-15(22(3,4)25)11-28-17-13-7-8-16(23)30-19(13)20(26-5)18-14(17)9-10-27-18/h6-10,15,25H,11H2,1-5H3/t15-/m1/s1. The second kappa shape index (κ2) is 8.23. The number of rotatable bonds is 7. The van der Waals surface area contributed by atoms with Gasteiger partial charge in [0.25, 0.3) is 0 Å². The largest absolute Gasteiger partial charge is 0.490 e. The zero-order chi connectivity index (χ0) is 22.1. The number of esters is 1. The Bertz CT molecular complexity index is 1160. The van der Waals surface area contributed by atoms with Gasteiger partial charge in [-0.05, 0) is 39.8 Å². The maximum atomic E-state index is 12.2. The number of allylic oxidation sites excluding steroid dienone is 1. The van der Waals surface area contributed by atoms with Gasteiger partial charge in [-0.15, -0.1) is 0 Å². The molecule has 3 rings (SSSR count). The molecule has 1 atom stereocenters. The van der Waals surface area contributed by atoms with E-state index in [1.165, 1.54) is 33.3 Å². The molecule has 2 aromatic heterocycles. The van der Waals surface area contributed by atoms with Crippen LogP contribution in [0.4, 0.5) is 0 Å². The van der Waals surface area contributed by atoms with Crippen molar-refractivity contribution in [3.8, 4) is 11.5 Å². The Morgan fingerprint density at radius 3 is 2.53 bits per heavy atom. The van der Waals surface area contributed by atoms with E-state index in [1.807, 2.05) is 0 Å². The van der Waals surface area contributed by atoms with Crippen LogP contribution in [0, 0.1) is 0 Å². The van der Waals surface area contributed by atoms with Crippen LogP contribution in [0.3, 0.4) is 0 Å². The Morgan fingerprint density at radius 2 is 1.90 bits per heavy atom. The van der Waals surface area contributed by atoms with Crippen LogP contribution in [0.2, 0.25) is 0 Å². The third kappa shape index (κ3) is 4.04. The van der Waals surface area contributed by atoms with Gasteiger partial charge in [0.1, 0.15) is 12.4 Å². The molecule has 0 fully saturated rings. The zero-order valence-corrected chi connectivity index (χ0v) is 17.5. The molecule has 0 radical (unpaired) electrons. The van der Waals surface area contributed by atoms with E-state index in [0.29, 0.717) is 27.7 Å². The Morgan fingerprint density at radius 1 is 1.20 bits per heavy atom. The van der Waals surface area contributed by atoms with Crippen LogP contribution in [-0.2, 0) is 9.53 Å². The van der Waals surface area contributed by atoms with Crippen LogP contribution in [-0.4, -0.2) is 36.5 Å². The van der Waals surface area contributed by atoms with Crippen LogP contribution in [0.1, 0.15) is 27.7 Å². The van der Waals surface area contributed by atoms with Crippen molar-refractivity contribution in [2.45, 2.75) is 39.4 Å². The van der Waals surface area contributed by atoms with Crippen molar-refractivity contribution < 1.29 is 32.9 Å². The molecule has 0 saturated carbocycles. The highest BCUT2D eigenvalue weighted by Crippen LogP contribution is 2.42. The quantitative estimate of drug-likeness (QED) is 0.354. The van der Waals surface area contributed by atoms with Crippen molar-refractivity contribution in [3.05, 3.63) is 46.5 Å². The van der Waals surface area contributed by atoms with Gasteiger partial charge in [-0.1, -0.05) is 6.08 Å². The summed E-state index contributed by atoms with van der Waals surface area (Å²) in [6, 6.07) is 4.51. The normalized spacial score (nSPS) is 13.5. The second-order valence-corrected chi connectivity index (χ2v) is 7.35. The SMILES string of the molecule is CC=C(C)C(=O)O[C@H](COc1c2ccoc2c(OC)c2oc(=O)ccc12)C(C)(C)O. The molecule has 2 heterocycles. The number of carbonyl (C=O) groups is 1. The van der Waals surface area contributed by atoms with Gasteiger partial charge in [-0.2, -0.15) is 0 Å². The van der Waals surface area contributed by atoms with Crippen molar-refractivity contribution in [3.63, 3.8) is 0 Å². The van der Waals surface area contributed by atoms with Crippen molar-refractivity contribution in [1.29, 1.82) is 0 Å². The number of hydrogen-bond acceptors (Lipinski definition) is 8. The highest BCUT2D eigenvalue weighted by Gasteiger charge is 2.32. The number of methoxy groups -OCH3 is 1. The summed E-state index contributed by atoms with van der Waals surface area (Å²) in [5, 5.41) is 11.5. The molecule has 0 unspecified atom stereocenters. The fraction of sp³-hybridized carbons (Fsp3) is 0.364. The summed E-state index contributed by atoms with van der Waals surface area (Å²) in [7, 11) is 1.44. The van der Waals surface area contributed by atoms with Gasteiger partial charge in [0.15, 0.2) is 17.3 Å². The minimum absolute atomic E-state index is 0.146. The van der Waals surface area contributed by atoms with E-state index in [1.54, 1.807) is 32.1 Å². The molecule has 0 amide bonds. The first-order chi connectivity index (χ1) is 14.2. The Labute approximate surface area is 172 Å². The highest BCUT2D eigenvalue weighted by atomic mass is 16.6. The third-order valence-corrected chi connectivity index (χ3v) is 4.78. The van der Waals surface area contributed by atoms with Crippen LogP contribution < -0.4 is 15.1 Å². The monoisotopic (exact) mass is 416 g/mol. The molecule has 0 aliphatic heterocycles. The summed E-state index contributed by atoms with van der Waals surface area (Å²) in [6.07, 6.45) is 2.12. The molecule has 30 heavy (non-hydrogen) atoms. The molecule has 3 aromatic rings. The first kappa shape index (κ1) is 21.4. The fourth-order valence-corrected chi connectivity index (χ4v) is 2.90. The number of benzene rings is 1. The van der Waals surface area contributed by atoms with E-state index in [2.05, 4.69) is 0 Å². The fourth-order valence-electron chi connectivity index (χ4n) is 2.90. The van der Waals surface area contributed by atoms with Crippen LogP contribution in [0.25, 0.3) is 21.9 Å². The maximum absolute atomic E-state index is 12.2. The molecule has 0 saturated heterocycles. The van der Waals surface area contributed by atoms with E-state index in [9.17, 15) is 14.7 Å². The predicted octanol–water partition coefficient (Wildman–Crippen LogP) is 3.58. The van der Waals surface area contributed by atoms with Gasteiger partial charge in [0.2, 0.25) is 5.75 Å². The summed E-state index contributed by atoms with van der Waals surface area (Å²) in [6.45, 7) is 6.25. The molecular weight excluding hydrogens is 392 g/mol. The summed E-state index contributed by atoms with van der Waals surface area (Å²) in [5.41, 5.74) is -0.991. The maximum Gasteiger partial charge on any atom is 0.336 e. The van der Waals surface area contributed by atoms with Crippen LogP contribution in [0.15, 0.2) is 49.7 Å². The van der Waals surface area contributed by atoms with Gasteiger partial charge in [0, 0.05) is 11.6 Å². The van der Waals surface area contributed by atoms with Gasteiger partial charge < -0.3 is 28.2 Å². The van der Waals surface area contributed by atoms with E-state index >= 15 is 0 Å². The van der Waals surface area contributed by atoms with Gasteiger partial charge in [-0.25, -0.2) is 9.59 Å². The number of aliphatic hydroxyl groups is 1. The molecule has 0 aliphatic carbocycles. The Kier molecular flexibility index (Phi) is 5.89. The Hall–Kier alpha value is -3.26. The lowest BCUT2D eigenvalue weighted by molar-refractivity contribution is -0.160. The average Bonchev–Trinajstić information content (AvgIpc) is 3.17. The molecule has 1 aromatic carbocycles. The minimum Gasteiger partial charge on any atom is -0.490 e. The minimum atomic E-state index is -1.37. The van der Waals surface area contributed by atoms with E-state index in [0.717, 1.165) is 0 Å². The van der Waals surface area contributed by atoms with Crippen molar-refractivity contribution in [2.75, 3.05) is 13.7 Å². The molecular formula is C22H24O8. The molecule has 8 nitrogen and oxygen atoms in total. The highest BCUT2D eigenvalue weighted by molar-refractivity contribution is 6.06. The van der Waals surface area contributed by atoms with E-state index in [4.69, 9.17) is 23.0 Å². The molecule has 0 bridgehead atoms. The van der Waals surface area contributed by atoms with Gasteiger partial charge in [-0.3, -0.25) is 0 Å². The van der Waals surface area contributed by atoms with Crippen molar-refractivity contribution >= 4 is 27.9 Å². The van der Waals surface area contributed by atoms with Crippen molar-refractivity contribution in [1.82, 2.24) is 0 Å². The van der Waals surface area contributed by atoms with Gasteiger partial charge >= 0.3 is 11.6 Å². The number of carbonyl (C=O) groups excluding carboxylic acids is 1. The first-order valence-electron chi connectivity index (χ1n) is 9.37. The topological polar surface area (TPSA) is 108 Å². The summed E-state index contributed by atoms with van der Waals surface area (Å²) < 4.78 is 27.7. The molecule has 8 heteroatoms. The Balaban J connectivity index is 2.04. The summed E-state index contributed by atoms with van der Waals surface area (Å²) in [4.78, 5) is 24.0. The number of fused-ring (bicyclic) bond motifs is 2. The lowest BCUT2D eigenvalue weighted by Gasteiger charge is -2.29. The molecule has 1 N–H and O–H groups in total. The lowest BCUT2D eigenvalue weighted by Crippen LogP contribution is -2.44. The lowest BCUT2D eigenvalue weighted by atomic mass is 10.0. The zero-order valence-electron chi connectivity index (χ0n) is 17.5. The number of hydrogen-bond donors (Lipinski definition) is 1. The summed E-state index contributed by atoms with van der Waals surface area (Å²) in [5.74, 6) is 0.0721. The van der Waals surface area contributed by atoms with E-state index in [-0.39, 0.29) is 17.9 Å². The molecule has 160 valence electrons. The molecule has 0 aliphatic rings. The third-order valence-electron chi connectivity index (χ3n) is 4.78.